The van der Waals surface area contributed by atoms with Crippen LogP contribution in [0.25, 0.3) is 0 Å². The average Bonchev–Trinajstić information content (AvgIpc) is 2.61. The van der Waals surface area contributed by atoms with Crippen LogP contribution in [0, 0.1) is 15.5 Å². The van der Waals surface area contributed by atoms with Crippen LogP contribution in [0.1, 0.15) is 5.76 Å². The number of furan rings is 1. The number of hydrogen-bond donors (Lipinski definition) is 3. The third kappa shape index (κ3) is 3.61. The van der Waals surface area contributed by atoms with Gasteiger partial charge in [0.25, 0.3) is 0 Å². The Bertz CT molecular complexity index is 437. The van der Waals surface area contributed by atoms with E-state index in [0.717, 1.165) is 11.8 Å². The minimum atomic E-state index is -0.629. The van der Waals surface area contributed by atoms with Crippen LogP contribution in [0.15, 0.2) is 21.5 Å². The Morgan fingerprint density at radius 1 is 1.62 bits per heavy atom. The fourth-order valence-electron chi connectivity index (χ4n) is 0.831. The van der Waals surface area contributed by atoms with Gasteiger partial charge in [0.2, 0.25) is 0 Å². The monoisotopic (exact) mass is 243 g/mol. The van der Waals surface area contributed by atoms with Crippen LogP contribution in [-0.4, -0.2) is 16.1 Å². The van der Waals surface area contributed by atoms with Crippen molar-refractivity contribution in [3.05, 3.63) is 28.0 Å². The van der Waals surface area contributed by atoms with Crippen molar-refractivity contribution in [2.45, 2.75) is 5.75 Å². The maximum atomic E-state index is 10.3. The lowest BCUT2D eigenvalue weighted by atomic mass is 10.5. The molecular formula is C7H9N5O3S. The van der Waals surface area contributed by atoms with Gasteiger partial charge in [-0.05, 0) is 6.07 Å². The first-order valence-electron chi connectivity index (χ1n) is 4.03. The molecule has 0 bridgehead atoms. The number of amidine groups is 1. The molecule has 1 rings (SSSR count). The highest BCUT2D eigenvalue weighted by atomic mass is 32.2. The molecule has 0 radical (unpaired) electrons. The summed E-state index contributed by atoms with van der Waals surface area (Å²) < 4.78 is 4.87. The number of nitrogens with zero attached hydrogens (tertiary/aromatic N) is 2. The predicted molar refractivity (Wildman–Crippen MR) is 60.2 cm³/mol. The molecule has 9 heteroatoms. The van der Waals surface area contributed by atoms with Crippen molar-refractivity contribution >= 4 is 28.8 Å². The van der Waals surface area contributed by atoms with Gasteiger partial charge in [0.05, 0.1) is 11.8 Å². The molecule has 0 aromatic carbocycles. The summed E-state index contributed by atoms with van der Waals surface area (Å²) in [5, 5.41) is 17.5. The van der Waals surface area contributed by atoms with Crippen molar-refractivity contribution in [2.75, 3.05) is 0 Å². The summed E-state index contributed by atoms with van der Waals surface area (Å²) in [6.07, 6.45) is 0. The molecule has 1 heterocycles. The van der Waals surface area contributed by atoms with E-state index in [0.29, 0.717) is 5.76 Å². The van der Waals surface area contributed by atoms with E-state index in [1.54, 1.807) is 0 Å². The zero-order valence-electron chi connectivity index (χ0n) is 8.04. The van der Waals surface area contributed by atoms with Gasteiger partial charge in [-0.2, -0.15) is 4.99 Å². The van der Waals surface area contributed by atoms with Crippen molar-refractivity contribution in [1.82, 2.24) is 0 Å². The van der Waals surface area contributed by atoms with Gasteiger partial charge < -0.3 is 15.9 Å². The molecule has 8 nitrogen and oxygen atoms in total. The molecule has 0 aliphatic rings. The normalized spacial score (nSPS) is 9.75. The summed E-state index contributed by atoms with van der Waals surface area (Å²) in [6, 6.07) is 2.72. The third-order valence-electron chi connectivity index (χ3n) is 1.41. The maximum Gasteiger partial charge on any atom is 0.433 e. The SMILES string of the molecule is N=C(N=C(N)N)SCc1ccc([N+](=O)[O-])o1. The first-order valence-corrected chi connectivity index (χ1v) is 5.01. The first-order chi connectivity index (χ1) is 7.49. The summed E-state index contributed by atoms with van der Waals surface area (Å²) in [5.41, 5.74) is 10.1. The second-order valence-electron chi connectivity index (χ2n) is 2.63. The zero-order valence-corrected chi connectivity index (χ0v) is 8.86. The Hall–Kier alpha value is -2.03. The highest BCUT2D eigenvalue weighted by molar-refractivity contribution is 8.13. The van der Waals surface area contributed by atoms with Crippen molar-refractivity contribution in [3.63, 3.8) is 0 Å². The van der Waals surface area contributed by atoms with Crippen molar-refractivity contribution in [1.29, 1.82) is 5.41 Å². The van der Waals surface area contributed by atoms with Gasteiger partial charge >= 0.3 is 5.88 Å². The molecule has 1 aromatic rings. The van der Waals surface area contributed by atoms with Gasteiger partial charge in [-0.25, -0.2) is 0 Å². The second-order valence-corrected chi connectivity index (χ2v) is 3.59. The summed E-state index contributed by atoms with van der Waals surface area (Å²) in [6.45, 7) is 0. The third-order valence-corrected chi connectivity index (χ3v) is 2.20. The van der Waals surface area contributed by atoms with Crippen molar-refractivity contribution < 1.29 is 9.34 Å². The van der Waals surface area contributed by atoms with Crippen molar-refractivity contribution in [3.8, 4) is 0 Å². The highest BCUT2D eigenvalue weighted by Crippen LogP contribution is 2.20. The molecule has 0 fully saturated rings. The van der Waals surface area contributed by atoms with E-state index in [9.17, 15) is 10.1 Å². The number of rotatable bonds is 3. The Morgan fingerprint density at radius 3 is 2.81 bits per heavy atom. The Labute approximate surface area is 94.4 Å². The molecule has 1 aromatic heterocycles. The van der Waals surface area contributed by atoms with Crippen LogP contribution >= 0.6 is 11.8 Å². The fourth-order valence-corrected chi connectivity index (χ4v) is 1.44. The standard InChI is InChI=1S/C7H9N5O3S/c8-6(9)11-7(10)16-3-4-1-2-5(15-4)12(13)14/h1-2H,3H2,(H5,8,9,10,11). The van der Waals surface area contributed by atoms with Gasteiger partial charge in [-0.3, -0.25) is 15.5 Å². The number of thioether (sulfide) groups is 1. The number of hydrogen-bond acceptors (Lipinski definition) is 5. The minimum Gasteiger partial charge on any atom is -0.405 e. The molecule has 0 amide bonds. The van der Waals surface area contributed by atoms with E-state index in [1.807, 2.05) is 0 Å². The quantitative estimate of drug-likeness (QED) is 0.307. The van der Waals surface area contributed by atoms with E-state index >= 15 is 0 Å². The number of nitro groups is 1. The van der Waals surface area contributed by atoms with E-state index in [4.69, 9.17) is 21.3 Å². The molecule has 0 saturated heterocycles. The number of guanidine groups is 1. The van der Waals surface area contributed by atoms with Gasteiger partial charge in [0.15, 0.2) is 11.1 Å². The molecule has 0 aliphatic heterocycles. The average molecular weight is 243 g/mol. The molecule has 0 saturated carbocycles. The van der Waals surface area contributed by atoms with E-state index in [-0.39, 0.29) is 22.8 Å². The van der Waals surface area contributed by atoms with E-state index < -0.39 is 4.92 Å². The van der Waals surface area contributed by atoms with E-state index in [1.165, 1.54) is 12.1 Å². The fraction of sp³-hybridized carbons (Fsp3) is 0.143. The summed E-state index contributed by atoms with van der Waals surface area (Å²) >= 11 is 1.00. The molecule has 86 valence electrons. The number of aliphatic imine (C=N–C) groups is 1. The Balaban J connectivity index is 2.52. The Morgan fingerprint density at radius 2 is 2.31 bits per heavy atom. The van der Waals surface area contributed by atoms with Gasteiger partial charge in [-0.15, -0.1) is 0 Å². The lowest BCUT2D eigenvalue weighted by molar-refractivity contribution is -0.402. The highest BCUT2D eigenvalue weighted by Gasteiger charge is 2.12. The minimum absolute atomic E-state index is 0.0842. The smallest absolute Gasteiger partial charge is 0.405 e. The van der Waals surface area contributed by atoms with Crippen LogP contribution in [0.2, 0.25) is 0 Å². The summed E-state index contributed by atoms with van der Waals surface area (Å²) in [7, 11) is 0. The van der Waals surface area contributed by atoms with E-state index in [2.05, 4.69) is 4.99 Å². The van der Waals surface area contributed by atoms with Crippen LogP contribution in [-0.2, 0) is 5.75 Å². The largest absolute Gasteiger partial charge is 0.433 e. The van der Waals surface area contributed by atoms with Gasteiger partial charge in [0, 0.05) is 0 Å². The molecule has 0 aliphatic carbocycles. The van der Waals surface area contributed by atoms with Crippen molar-refractivity contribution in [2.24, 2.45) is 16.5 Å². The van der Waals surface area contributed by atoms with Crippen LogP contribution in [0.4, 0.5) is 5.88 Å². The molecule has 16 heavy (non-hydrogen) atoms. The van der Waals surface area contributed by atoms with Gasteiger partial charge in [0.1, 0.15) is 10.7 Å². The van der Waals surface area contributed by atoms with Crippen LogP contribution in [0.3, 0.4) is 0 Å². The second kappa shape index (κ2) is 5.16. The summed E-state index contributed by atoms with van der Waals surface area (Å²) in [5.74, 6) is 0.0999. The predicted octanol–water partition coefficient (Wildman–Crippen LogP) is 0.629. The summed E-state index contributed by atoms with van der Waals surface area (Å²) in [4.78, 5) is 13.2. The Kier molecular flexibility index (Phi) is 3.89. The van der Waals surface area contributed by atoms with Crippen LogP contribution in [0.5, 0.6) is 0 Å². The molecule has 5 N–H and O–H groups in total. The lowest BCUT2D eigenvalue weighted by Crippen LogP contribution is -2.23. The number of nitrogens with two attached hydrogens (primary N) is 2. The maximum absolute atomic E-state index is 10.3. The number of nitrogens with one attached hydrogen (secondary N) is 1. The molecule has 0 spiro atoms. The first kappa shape index (κ1) is 12.0. The van der Waals surface area contributed by atoms with Gasteiger partial charge in [-0.1, -0.05) is 11.8 Å². The zero-order chi connectivity index (χ0) is 12.1. The molecule has 0 atom stereocenters. The molecular weight excluding hydrogens is 234 g/mol. The molecule has 0 unspecified atom stereocenters. The lowest BCUT2D eigenvalue weighted by Gasteiger charge is -1.95. The van der Waals surface area contributed by atoms with Crippen LogP contribution < -0.4 is 11.5 Å². The topological polar surface area (TPSA) is 145 Å².